The molecular formula is C33H45F3O7. The molecule has 6 aliphatic carbocycles. The van der Waals surface area contributed by atoms with Crippen molar-refractivity contribution in [3.63, 3.8) is 0 Å². The van der Waals surface area contributed by atoms with Crippen LogP contribution in [0.15, 0.2) is 23.8 Å². The second-order valence-electron chi connectivity index (χ2n) is 15.4. The molecule has 43 heavy (non-hydrogen) atoms. The first-order valence-electron chi connectivity index (χ1n) is 15.6. The molecule has 0 radical (unpaired) electrons. The number of hydrogen-bond acceptors (Lipinski definition) is 7. The molecule has 0 spiro atoms. The minimum absolute atomic E-state index is 0.00194. The van der Waals surface area contributed by atoms with Crippen molar-refractivity contribution in [2.75, 3.05) is 6.86 Å². The Morgan fingerprint density at radius 3 is 2.42 bits per heavy atom. The Bertz CT molecular complexity index is 1270. The van der Waals surface area contributed by atoms with Gasteiger partial charge in [0.15, 0.2) is 17.1 Å². The fourth-order valence-electron chi connectivity index (χ4n) is 11.1. The molecule has 2 bridgehead atoms. The van der Waals surface area contributed by atoms with Crippen molar-refractivity contribution in [3.8, 4) is 0 Å². The van der Waals surface area contributed by atoms with E-state index in [1.807, 2.05) is 0 Å². The van der Waals surface area contributed by atoms with Gasteiger partial charge in [0.2, 0.25) is 6.86 Å². The fraction of sp³-hybridized carbons (Fsp3) is 0.818. The summed E-state index contributed by atoms with van der Waals surface area (Å²) in [6, 6.07) is 0. The van der Waals surface area contributed by atoms with E-state index in [0.29, 0.717) is 5.92 Å². The summed E-state index contributed by atoms with van der Waals surface area (Å²) in [7, 11) is 0. The largest absolute Gasteiger partial charge is 0.432 e. The number of hydrogen-bond donors (Lipinski definition) is 2. The van der Waals surface area contributed by atoms with E-state index in [-0.39, 0.29) is 41.8 Å². The van der Waals surface area contributed by atoms with Crippen molar-refractivity contribution in [3.05, 3.63) is 23.8 Å². The summed E-state index contributed by atoms with van der Waals surface area (Å²) >= 11 is 0. The maximum atomic E-state index is 17.6. The quantitative estimate of drug-likeness (QED) is 0.312. The van der Waals surface area contributed by atoms with E-state index < -0.39 is 77.2 Å². The molecule has 5 saturated carbocycles. The van der Waals surface area contributed by atoms with Gasteiger partial charge in [0, 0.05) is 16.7 Å². The summed E-state index contributed by atoms with van der Waals surface area (Å²) in [6.07, 6.45) is 2.22. The Balaban J connectivity index is 1.37. The summed E-state index contributed by atoms with van der Waals surface area (Å²) in [5.41, 5.74) is -7.61. The SMILES string of the molecule is C[C@@H]1C[C@H]2[C@@H]3C[C@H](F)C4=CC(=O)C=C[C@]4(C)[C@@]3(F)[C@@H](O)C[C@]2(C)[C@@]1(OC(O)O[C@@H]1C[C@H]2CC[C@]1(C)C2(C)C)C(=O)OCF. The Labute approximate surface area is 251 Å². The summed E-state index contributed by atoms with van der Waals surface area (Å²) in [6.45, 7) is 8.04. The van der Waals surface area contributed by atoms with Gasteiger partial charge in [-0.2, -0.15) is 0 Å². The van der Waals surface area contributed by atoms with Gasteiger partial charge in [-0.25, -0.2) is 18.0 Å². The third kappa shape index (κ3) is 3.69. The predicted octanol–water partition coefficient (Wildman–Crippen LogP) is 5.28. The van der Waals surface area contributed by atoms with Crippen molar-refractivity contribution in [2.24, 2.45) is 45.3 Å². The van der Waals surface area contributed by atoms with Gasteiger partial charge in [0.05, 0.1) is 12.2 Å². The lowest BCUT2D eigenvalue weighted by atomic mass is 9.44. The molecule has 0 heterocycles. The molecule has 5 fully saturated rings. The summed E-state index contributed by atoms with van der Waals surface area (Å²) in [5, 5.41) is 23.0. The Hall–Kier alpha value is -1.75. The lowest BCUT2D eigenvalue weighted by molar-refractivity contribution is -0.355. The van der Waals surface area contributed by atoms with Crippen LogP contribution in [0.4, 0.5) is 13.2 Å². The molecule has 0 aromatic rings. The van der Waals surface area contributed by atoms with Crippen LogP contribution in [0.2, 0.25) is 0 Å². The van der Waals surface area contributed by atoms with Crippen molar-refractivity contribution >= 4 is 11.8 Å². The number of esters is 1. The monoisotopic (exact) mass is 610 g/mol. The van der Waals surface area contributed by atoms with Gasteiger partial charge in [-0.05, 0) is 91.8 Å². The third-order valence-electron chi connectivity index (χ3n) is 13.9. The summed E-state index contributed by atoms with van der Waals surface area (Å²) in [5.74, 6) is -3.63. The standard InChI is InChI=1S/C33H45F3O7/c1-17-11-20-21-14-23(35)22-13-19(37)8-10-29(22,4)32(21,36)24(38)15-31(20,6)33(17,26(39)41-16-34)43-27(40)42-25-12-18-7-9-30(25,5)28(18,2)3/h8,10,13,17-18,20-21,23-25,27,38,40H,7,9,11-12,14-16H2,1-6H3/t17-,18-,20+,21+,23+,24+,25-,27?,29+,30+,31+,32+,33+/m1/s1. The van der Waals surface area contributed by atoms with Gasteiger partial charge >= 0.3 is 5.97 Å². The lowest BCUT2D eigenvalue weighted by Crippen LogP contribution is -2.71. The molecule has 0 saturated heterocycles. The molecule has 6 rings (SSSR count). The number of ketones is 1. The van der Waals surface area contributed by atoms with Crippen molar-refractivity contribution in [1.82, 2.24) is 0 Å². The van der Waals surface area contributed by atoms with Crippen LogP contribution in [-0.4, -0.2) is 65.0 Å². The number of carbonyl (C=O) groups excluding carboxylic acids is 2. The molecule has 0 aromatic carbocycles. The van der Waals surface area contributed by atoms with E-state index >= 15 is 8.78 Å². The van der Waals surface area contributed by atoms with E-state index in [2.05, 4.69) is 20.8 Å². The molecule has 0 amide bonds. The lowest BCUT2D eigenvalue weighted by Gasteiger charge is -2.63. The Morgan fingerprint density at radius 2 is 1.81 bits per heavy atom. The molecule has 1 unspecified atom stereocenters. The maximum Gasteiger partial charge on any atom is 0.341 e. The summed E-state index contributed by atoms with van der Waals surface area (Å²) < 4.78 is 64.3. The van der Waals surface area contributed by atoms with Gasteiger partial charge in [-0.3, -0.25) is 4.79 Å². The molecular weight excluding hydrogens is 565 g/mol. The van der Waals surface area contributed by atoms with Crippen molar-refractivity contribution < 1.29 is 47.2 Å². The predicted molar refractivity (Wildman–Crippen MR) is 149 cm³/mol. The molecule has 240 valence electrons. The normalized spacial score (nSPS) is 51.8. The topological polar surface area (TPSA) is 102 Å². The number of alkyl halides is 3. The van der Waals surface area contributed by atoms with Crippen LogP contribution < -0.4 is 0 Å². The highest BCUT2D eigenvalue weighted by Crippen LogP contribution is 2.72. The van der Waals surface area contributed by atoms with E-state index in [1.165, 1.54) is 19.1 Å². The number of carbonyl (C=O) groups is 2. The van der Waals surface area contributed by atoms with E-state index in [9.17, 15) is 24.2 Å². The molecule has 0 aliphatic heterocycles. The zero-order valence-electron chi connectivity index (χ0n) is 25.9. The number of aliphatic hydroxyl groups is 2. The minimum Gasteiger partial charge on any atom is -0.432 e. The summed E-state index contributed by atoms with van der Waals surface area (Å²) in [4.78, 5) is 25.9. The van der Waals surface area contributed by atoms with Crippen LogP contribution in [-0.2, 0) is 23.8 Å². The number of aliphatic hydroxyl groups excluding tert-OH is 2. The maximum absolute atomic E-state index is 17.6. The third-order valence-corrected chi connectivity index (χ3v) is 13.9. The van der Waals surface area contributed by atoms with Gasteiger partial charge < -0.3 is 24.4 Å². The van der Waals surface area contributed by atoms with Crippen molar-refractivity contribution in [2.45, 2.75) is 116 Å². The Morgan fingerprint density at radius 1 is 1.12 bits per heavy atom. The van der Waals surface area contributed by atoms with E-state index in [4.69, 9.17) is 14.2 Å². The van der Waals surface area contributed by atoms with Gasteiger partial charge in [-0.15, -0.1) is 0 Å². The number of allylic oxidation sites excluding steroid dienone is 4. The first kappa shape index (κ1) is 31.2. The van der Waals surface area contributed by atoms with Crippen LogP contribution in [0.25, 0.3) is 0 Å². The molecule has 13 atom stereocenters. The highest BCUT2D eigenvalue weighted by atomic mass is 19.1. The number of rotatable bonds is 6. The second-order valence-corrected chi connectivity index (χ2v) is 15.4. The van der Waals surface area contributed by atoms with Crippen LogP contribution >= 0.6 is 0 Å². The zero-order valence-corrected chi connectivity index (χ0v) is 25.9. The number of ether oxygens (including phenoxy) is 3. The van der Waals surface area contributed by atoms with Gasteiger partial charge in [0.25, 0.3) is 6.48 Å². The number of halogens is 3. The Kier molecular flexibility index (Phi) is 7.00. The minimum atomic E-state index is -2.36. The van der Waals surface area contributed by atoms with Crippen LogP contribution in [0.1, 0.15) is 80.1 Å². The molecule has 7 nitrogen and oxygen atoms in total. The molecule has 2 N–H and O–H groups in total. The zero-order chi connectivity index (χ0) is 31.5. The first-order chi connectivity index (χ1) is 19.9. The molecule has 10 heteroatoms. The highest BCUT2D eigenvalue weighted by molar-refractivity contribution is 6.01. The van der Waals surface area contributed by atoms with Gasteiger partial charge in [-0.1, -0.05) is 40.7 Å². The fourth-order valence-corrected chi connectivity index (χ4v) is 11.1. The van der Waals surface area contributed by atoms with Crippen LogP contribution in [0.5, 0.6) is 0 Å². The highest BCUT2D eigenvalue weighted by Gasteiger charge is 2.78. The van der Waals surface area contributed by atoms with E-state index in [0.717, 1.165) is 25.3 Å². The number of fused-ring (bicyclic) bond motifs is 7. The van der Waals surface area contributed by atoms with Crippen molar-refractivity contribution in [1.29, 1.82) is 0 Å². The van der Waals surface area contributed by atoms with Crippen LogP contribution in [0, 0.1) is 45.3 Å². The smallest absolute Gasteiger partial charge is 0.341 e. The average Bonchev–Trinajstić information content (AvgIpc) is 3.36. The average molecular weight is 611 g/mol. The van der Waals surface area contributed by atoms with Gasteiger partial charge in [0.1, 0.15) is 6.17 Å². The molecule has 0 aromatic heterocycles. The molecule has 6 aliphatic rings. The van der Waals surface area contributed by atoms with E-state index in [1.54, 1.807) is 13.8 Å². The second kappa shape index (κ2) is 9.63. The first-order valence-corrected chi connectivity index (χ1v) is 15.6. The van der Waals surface area contributed by atoms with Crippen LogP contribution in [0.3, 0.4) is 0 Å².